The zero-order chi connectivity index (χ0) is 20.4. The summed E-state index contributed by atoms with van der Waals surface area (Å²) in [5.41, 5.74) is 3.22. The van der Waals surface area contributed by atoms with E-state index in [4.69, 9.17) is 0 Å². The summed E-state index contributed by atoms with van der Waals surface area (Å²) in [6.07, 6.45) is 5.43. The Kier molecular flexibility index (Phi) is 9.47. The Balaban J connectivity index is 2.99. The highest BCUT2D eigenvalue weighted by molar-refractivity contribution is 5.53. The first-order chi connectivity index (χ1) is 12.7. The summed E-state index contributed by atoms with van der Waals surface area (Å²) in [6, 6.07) is 5.95. The molecule has 0 aliphatic carbocycles. The van der Waals surface area contributed by atoms with Crippen molar-refractivity contribution >= 4 is 5.69 Å². The van der Waals surface area contributed by atoms with Crippen LogP contribution in [-0.2, 0) is 0 Å². The standard InChI is InChI=1S/C22H32F3NO/c1-6-9-18(10-7-2)19(11-8-3)16-17(4)26(5)20-12-14-21(15-13-20)27-22(23,24)25/h11-16,18H,6-10H2,1-5H3/b17-16-,19-11-. The maximum absolute atomic E-state index is 12.3. The van der Waals surface area contributed by atoms with Crippen molar-refractivity contribution in [2.45, 2.75) is 66.2 Å². The average Bonchev–Trinajstić information content (AvgIpc) is 2.60. The van der Waals surface area contributed by atoms with Crippen LogP contribution in [-0.4, -0.2) is 13.4 Å². The fourth-order valence-electron chi connectivity index (χ4n) is 3.17. The molecule has 0 atom stereocenters. The van der Waals surface area contributed by atoms with Gasteiger partial charge < -0.3 is 9.64 Å². The van der Waals surface area contributed by atoms with E-state index in [1.54, 1.807) is 12.1 Å². The monoisotopic (exact) mass is 383 g/mol. The van der Waals surface area contributed by atoms with E-state index in [9.17, 15) is 13.2 Å². The first kappa shape index (κ1) is 23.1. The lowest BCUT2D eigenvalue weighted by Crippen LogP contribution is -2.18. The maximum atomic E-state index is 12.3. The van der Waals surface area contributed by atoms with Crippen LogP contribution in [0.5, 0.6) is 5.75 Å². The number of rotatable bonds is 10. The molecular weight excluding hydrogens is 351 g/mol. The first-order valence-corrected chi connectivity index (χ1v) is 9.69. The molecule has 152 valence electrons. The molecule has 0 fully saturated rings. The maximum Gasteiger partial charge on any atom is 0.573 e. The summed E-state index contributed by atoms with van der Waals surface area (Å²) >= 11 is 0. The molecule has 0 N–H and O–H groups in total. The number of hydrogen-bond acceptors (Lipinski definition) is 2. The summed E-state index contributed by atoms with van der Waals surface area (Å²) in [6.45, 7) is 8.58. The van der Waals surface area contributed by atoms with Gasteiger partial charge in [0.2, 0.25) is 0 Å². The van der Waals surface area contributed by atoms with E-state index in [-0.39, 0.29) is 5.75 Å². The van der Waals surface area contributed by atoms with Crippen LogP contribution in [0.4, 0.5) is 18.9 Å². The molecule has 2 nitrogen and oxygen atoms in total. The second-order valence-electron chi connectivity index (χ2n) is 6.77. The van der Waals surface area contributed by atoms with Crippen LogP contribution in [0, 0.1) is 5.92 Å². The molecule has 1 rings (SSSR count). The second kappa shape index (κ2) is 11.1. The number of alkyl halides is 3. The fourth-order valence-corrected chi connectivity index (χ4v) is 3.17. The molecule has 0 heterocycles. The summed E-state index contributed by atoms with van der Waals surface area (Å²) in [7, 11) is 1.92. The number of hydrogen-bond donors (Lipinski definition) is 0. The van der Waals surface area contributed by atoms with Crippen molar-refractivity contribution < 1.29 is 17.9 Å². The second-order valence-corrected chi connectivity index (χ2v) is 6.77. The van der Waals surface area contributed by atoms with Crippen molar-refractivity contribution in [1.29, 1.82) is 0 Å². The summed E-state index contributed by atoms with van der Waals surface area (Å²) < 4.78 is 40.8. The number of halogens is 3. The molecule has 0 saturated heterocycles. The molecule has 0 amide bonds. The van der Waals surface area contributed by atoms with Gasteiger partial charge in [-0.05, 0) is 68.0 Å². The number of nitrogens with zero attached hydrogens (tertiary/aromatic N) is 1. The van der Waals surface area contributed by atoms with Gasteiger partial charge in [0.15, 0.2) is 0 Å². The minimum absolute atomic E-state index is 0.209. The van der Waals surface area contributed by atoms with Gasteiger partial charge in [0, 0.05) is 18.4 Å². The fraction of sp³-hybridized carbons (Fsp3) is 0.545. The van der Waals surface area contributed by atoms with Gasteiger partial charge in [0.1, 0.15) is 5.75 Å². The van der Waals surface area contributed by atoms with E-state index in [1.807, 2.05) is 18.9 Å². The molecule has 0 aliphatic rings. The van der Waals surface area contributed by atoms with Crippen LogP contribution in [0.2, 0.25) is 0 Å². The van der Waals surface area contributed by atoms with Crippen LogP contribution in [0.15, 0.2) is 47.7 Å². The highest BCUT2D eigenvalue weighted by Crippen LogP contribution is 2.29. The van der Waals surface area contributed by atoms with Crippen molar-refractivity contribution in [3.63, 3.8) is 0 Å². The summed E-state index contributed by atoms with van der Waals surface area (Å²) in [4.78, 5) is 1.98. The van der Waals surface area contributed by atoms with Crippen molar-refractivity contribution in [2.75, 3.05) is 11.9 Å². The summed E-state index contributed by atoms with van der Waals surface area (Å²) in [5, 5.41) is 0. The zero-order valence-corrected chi connectivity index (χ0v) is 17.1. The van der Waals surface area contributed by atoms with Gasteiger partial charge >= 0.3 is 6.36 Å². The molecule has 0 spiro atoms. The molecule has 0 bridgehead atoms. The van der Waals surface area contributed by atoms with E-state index in [1.165, 1.54) is 17.7 Å². The van der Waals surface area contributed by atoms with E-state index in [0.29, 0.717) is 5.92 Å². The van der Waals surface area contributed by atoms with Gasteiger partial charge in [0.25, 0.3) is 0 Å². The number of ether oxygens (including phenoxy) is 1. The molecule has 27 heavy (non-hydrogen) atoms. The van der Waals surface area contributed by atoms with Crippen LogP contribution in [0.3, 0.4) is 0 Å². The molecule has 5 heteroatoms. The molecule has 0 unspecified atom stereocenters. The first-order valence-electron chi connectivity index (χ1n) is 9.69. The van der Waals surface area contributed by atoms with E-state index in [2.05, 4.69) is 37.7 Å². The van der Waals surface area contributed by atoms with Gasteiger partial charge in [0.05, 0.1) is 0 Å². The number of anilines is 1. The topological polar surface area (TPSA) is 12.5 Å². The Labute approximate surface area is 161 Å². The van der Waals surface area contributed by atoms with Gasteiger partial charge in [-0.3, -0.25) is 0 Å². The van der Waals surface area contributed by atoms with Crippen LogP contribution in [0.1, 0.15) is 59.8 Å². The number of allylic oxidation sites excluding steroid dienone is 4. The predicted octanol–water partition coefficient (Wildman–Crippen LogP) is 7.48. The highest BCUT2D eigenvalue weighted by Gasteiger charge is 2.31. The Bertz CT molecular complexity index is 611. The Morgan fingerprint density at radius 1 is 1.07 bits per heavy atom. The molecular formula is C22H32F3NO. The smallest absolute Gasteiger partial charge is 0.406 e. The van der Waals surface area contributed by atoms with Crippen molar-refractivity contribution in [2.24, 2.45) is 5.92 Å². The number of benzene rings is 1. The largest absolute Gasteiger partial charge is 0.573 e. The lowest BCUT2D eigenvalue weighted by molar-refractivity contribution is -0.274. The minimum Gasteiger partial charge on any atom is -0.406 e. The van der Waals surface area contributed by atoms with Crippen molar-refractivity contribution in [3.05, 3.63) is 47.7 Å². The quantitative estimate of drug-likeness (QED) is 0.388. The van der Waals surface area contributed by atoms with Gasteiger partial charge in [-0.1, -0.05) is 39.7 Å². The normalized spacial score (nSPS) is 13.2. The summed E-state index contributed by atoms with van der Waals surface area (Å²) in [5.74, 6) is 0.338. The molecule has 1 aromatic carbocycles. The Hall–Kier alpha value is -1.91. The van der Waals surface area contributed by atoms with Crippen LogP contribution < -0.4 is 9.64 Å². The van der Waals surface area contributed by atoms with Gasteiger partial charge in [-0.2, -0.15) is 0 Å². The average molecular weight is 383 g/mol. The molecule has 0 aromatic heterocycles. The molecule has 0 aliphatic heterocycles. The predicted molar refractivity (Wildman–Crippen MR) is 107 cm³/mol. The third-order valence-corrected chi connectivity index (χ3v) is 4.55. The lowest BCUT2D eigenvalue weighted by atomic mass is 9.88. The molecule has 0 radical (unpaired) electrons. The zero-order valence-electron chi connectivity index (χ0n) is 17.1. The minimum atomic E-state index is -4.67. The van der Waals surface area contributed by atoms with Gasteiger partial charge in [-0.15, -0.1) is 13.2 Å². The van der Waals surface area contributed by atoms with Crippen LogP contribution >= 0.6 is 0 Å². The van der Waals surface area contributed by atoms with Crippen molar-refractivity contribution in [3.8, 4) is 5.75 Å². The highest BCUT2D eigenvalue weighted by atomic mass is 19.4. The third kappa shape index (κ3) is 8.10. The van der Waals surface area contributed by atoms with Crippen LogP contribution in [0.25, 0.3) is 0 Å². The molecule has 0 saturated carbocycles. The Morgan fingerprint density at radius 2 is 1.63 bits per heavy atom. The van der Waals surface area contributed by atoms with E-state index in [0.717, 1.165) is 43.5 Å². The SMILES string of the molecule is CC/C=C(/C=C(/C)N(C)c1ccc(OC(F)(F)F)cc1)C(CCC)CCC. The third-order valence-electron chi connectivity index (χ3n) is 4.55. The van der Waals surface area contributed by atoms with E-state index < -0.39 is 6.36 Å². The van der Waals surface area contributed by atoms with Gasteiger partial charge in [-0.25, -0.2) is 0 Å². The molecule has 1 aromatic rings. The van der Waals surface area contributed by atoms with Crippen molar-refractivity contribution in [1.82, 2.24) is 0 Å². The lowest BCUT2D eigenvalue weighted by Gasteiger charge is -2.23. The Morgan fingerprint density at radius 3 is 2.07 bits per heavy atom. The van der Waals surface area contributed by atoms with E-state index >= 15 is 0 Å².